The molecule has 0 spiro atoms. The Hall–Kier alpha value is -0.860. The average Bonchev–Trinajstić information content (AvgIpc) is 2.27. The third-order valence-corrected chi connectivity index (χ3v) is 3.27. The van der Waals surface area contributed by atoms with Gasteiger partial charge in [-0.1, -0.05) is 43.7 Å². The molecule has 0 saturated heterocycles. The van der Waals surface area contributed by atoms with E-state index in [1.54, 1.807) is 0 Å². The Kier molecular flexibility index (Phi) is 6.37. The monoisotopic (exact) mass is 248 g/mol. The quantitative estimate of drug-likeness (QED) is 0.798. The second kappa shape index (κ2) is 7.55. The second-order valence-corrected chi connectivity index (χ2v) is 5.87. The van der Waals surface area contributed by atoms with Gasteiger partial charge in [-0.3, -0.25) is 0 Å². The Balaban J connectivity index is 2.39. The van der Waals surface area contributed by atoms with Crippen LogP contribution in [0.25, 0.3) is 0 Å². The molecule has 0 radical (unpaired) electrons. The van der Waals surface area contributed by atoms with Crippen molar-refractivity contribution in [1.29, 1.82) is 0 Å². The molecular formula is C16H28N2. The molecule has 0 heterocycles. The number of likely N-dealkylation sites (N-methyl/N-ethyl adjacent to an activating group) is 1. The molecule has 0 aromatic heterocycles. The first-order chi connectivity index (χ1) is 8.49. The summed E-state index contributed by atoms with van der Waals surface area (Å²) < 4.78 is 0. The number of rotatable bonds is 7. The summed E-state index contributed by atoms with van der Waals surface area (Å²) in [5, 5.41) is 3.57. The summed E-state index contributed by atoms with van der Waals surface area (Å²) in [5.41, 5.74) is 2.71. The molecule has 1 unspecified atom stereocenters. The molecule has 2 nitrogen and oxygen atoms in total. The van der Waals surface area contributed by atoms with Crippen molar-refractivity contribution in [3.63, 3.8) is 0 Å². The van der Waals surface area contributed by atoms with Gasteiger partial charge in [0, 0.05) is 19.1 Å². The maximum absolute atomic E-state index is 3.57. The smallest absolute Gasteiger partial charge is 0.0217 e. The number of nitrogens with one attached hydrogen (secondary N) is 1. The summed E-state index contributed by atoms with van der Waals surface area (Å²) in [6, 6.07) is 9.33. The fraction of sp³-hybridized carbons (Fsp3) is 0.625. The zero-order chi connectivity index (χ0) is 13.5. The van der Waals surface area contributed by atoms with E-state index < -0.39 is 0 Å². The summed E-state index contributed by atoms with van der Waals surface area (Å²) in [5.74, 6) is 0.748. The van der Waals surface area contributed by atoms with Crippen molar-refractivity contribution in [3.8, 4) is 0 Å². The summed E-state index contributed by atoms with van der Waals surface area (Å²) in [6.07, 6.45) is 1.24. The molecule has 0 aliphatic carbocycles. The van der Waals surface area contributed by atoms with Gasteiger partial charge in [-0.05, 0) is 38.9 Å². The van der Waals surface area contributed by atoms with Gasteiger partial charge in [0.1, 0.15) is 0 Å². The third kappa shape index (κ3) is 5.65. The molecule has 2 heteroatoms. The highest BCUT2D eigenvalue weighted by molar-refractivity contribution is 5.21. The van der Waals surface area contributed by atoms with Gasteiger partial charge in [0.05, 0.1) is 0 Å². The van der Waals surface area contributed by atoms with Crippen molar-refractivity contribution in [2.24, 2.45) is 5.92 Å². The van der Waals surface area contributed by atoms with E-state index in [1.807, 2.05) is 0 Å². The molecule has 1 N–H and O–H groups in total. The van der Waals surface area contributed by atoms with Gasteiger partial charge in [0.2, 0.25) is 0 Å². The molecule has 0 bridgehead atoms. The molecule has 0 saturated carbocycles. The largest absolute Gasteiger partial charge is 0.311 e. The lowest BCUT2D eigenvalue weighted by molar-refractivity contribution is 0.246. The molecule has 0 aliphatic heterocycles. The first-order valence-corrected chi connectivity index (χ1v) is 6.91. The molecule has 1 aromatic carbocycles. The highest BCUT2D eigenvalue weighted by atomic mass is 15.1. The normalized spacial score (nSPS) is 13.3. The van der Waals surface area contributed by atoms with Gasteiger partial charge in [0.15, 0.2) is 0 Å². The molecule has 102 valence electrons. The Morgan fingerprint density at radius 3 is 2.50 bits per heavy atom. The van der Waals surface area contributed by atoms with Gasteiger partial charge in [-0.25, -0.2) is 0 Å². The highest BCUT2D eigenvalue weighted by Crippen LogP contribution is 2.09. The topological polar surface area (TPSA) is 15.3 Å². The minimum atomic E-state index is 0.620. The van der Waals surface area contributed by atoms with Gasteiger partial charge in [-0.2, -0.15) is 0 Å². The van der Waals surface area contributed by atoms with E-state index in [2.05, 4.69) is 69.3 Å². The van der Waals surface area contributed by atoms with E-state index in [0.717, 1.165) is 19.0 Å². The summed E-state index contributed by atoms with van der Waals surface area (Å²) in [4.78, 5) is 2.32. The van der Waals surface area contributed by atoms with Crippen LogP contribution < -0.4 is 5.32 Å². The highest BCUT2D eigenvalue weighted by Gasteiger charge is 2.12. The van der Waals surface area contributed by atoms with Gasteiger partial charge >= 0.3 is 0 Å². The van der Waals surface area contributed by atoms with Gasteiger partial charge in [0.25, 0.3) is 0 Å². The Morgan fingerprint density at radius 1 is 1.22 bits per heavy atom. The fourth-order valence-corrected chi connectivity index (χ4v) is 2.23. The van der Waals surface area contributed by atoms with Crippen molar-refractivity contribution in [2.75, 3.05) is 20.6 Å². The lowest BCUT2D eigenvalue weighted by atomic mass is 10.0. The van der Waals surface area contributed by atoms with E-state index >= 15 is 0 Å². The van der Waals surface area contributed by atoms with Crippen LogP contribution in [0.2, 0.25) is 0 Å². The first-order valence-electron chi connectivity index (χ1n) is 6.91. The third-order valence-electron chi connectivity index (χ3n) is 3.27. The number of aryl methyl sites for hydroxylation is 1. The Bertz CT molecular complexity index is 345. The SMILES string of the molecule is Cc1cccc(CNCC(CC(C)C)N(C)C)c1. The van der Waals surface area contributed by atoms with Crippen LogP contribution in [-0.2, 0) is 6.54 Å². The van der Waals surface area contributed by atoms with Crippen molar-refractivity contribution in [3.05, 3.63) is 35.4 Å². The molecule has 1 atom stereocenters. The summed E-state index contributed by atoms with van der Waals surface area (Å²) in [7, 11) is 4.34. The van der Waals surface area contributed by atoms with E-state index in [4.69, 9.17) is 0 Å². The molecule has 0 fully saturated rings. The second-order valence-electron chi connectivity index (χ2n) is 5.87. The van der Waals surface area contributed by atoms with Crippen LogP contribution in [0.5, 0.6) is 0 Å². The standard InChI is InChI=1S/C16H28N2/c1-13(2)9-16(18(4)5)12-17-11-15-8-6-7-14(3)10-15/h6-8,10,13,16-17H,9,11-12H2,1-5H3. The van der Waals surface area contributed by atoms with Crippen LogP contribution in [0.4, 0.5) is 0 Å². The number of benzene rings is 1. The van der Waals surface area contributed by atoms with Crippen LogP contribution in [-0.4, -0.2) is 31.6 Å². The van der Waals surface area contributed by atoms with E-state index in [9.17, 15) is 0 Å². The lowest BCUT2D eigenvalue weighted by Crippen LogP contribution is -2.38. The van der Waals surface area contributed by atoms with Crippen molar-refractivity contribution in [2.45, 2.75) is 39.8 Å². The van der Waals surface area contributed by atoms with Crippen molar-refractivity contribution in [1.82, 2.24) is 10.2 Å². The van der Waals surface area contributed by atoms with Crippen molar-refractivity contribution < 1.29 is 0 Å². The van der Waals surface area contributed by atoms with Crippen LogP contribution in [0.15, 0.2) is 24.3 Å². The number of hydrogen-bond donors (Lipinski definition) is 1. The molecular weight excluding hydrogens is 220 g/mol. The molecule has 1 rings (SSSR count). The maximum Gasteiger partial charge on any atom is 0.0217 e. The minimum absolute atomic E-state index is 0.620. The van der Waals surface area contributed by atoms with Crippen LogP contribution >= 0.6 is 0 Å². The van der Waals surface area contributed by atoms with E-state index in [-0.39, 0.29) is 0 Å². The minimum Gasteiger partial charge on any atom is -0.311 e. The number of hydrogen-bond acceptors (Lipinski definition) is 2. The average molecular weight is 248 g/mol. The lowest BCUT2D eigenvalue weighted by Gasteiger charge is -2.26. The van der Waals surface area contributed by atoms with E-state index in [1.165, 1.54) is 17.5 Å². The summed E-state index contributed by atoms with van der Waals surface area (Å²) >= 11 is 0. The Labute approximate surface area is 112 Å². The van der Waals surface area contributed by atoms with Gasteiger partial charge in [-0.15, -0.1) is 0 Å². The zero-order valence-corrected chi connectivity index (χ0v) is 12.5. The first kappa shape index (κ1) is 15.2. The number of nitrogens with zero attached hydrogens (tertiary/aromatic N) is 1. The molecule has 18 heavy (non-hydrogen) atoms. The fourth-order valence-electron chi connectivity index (χ4n) is 2.23. The summed E-state index contributed by atoms with van der Waals surface area (Å²) in [6.45, 7) is 8.74. The molecule has 1 aromatic rings. The zero-order valence-electron chi connectivity index (χ0n) is 12.5. The van der Waals surface area contributed by atoms with Gasteiger partial charge < -0.3 is 10.2 Å². The van der Waals surface area contributed by atoms with Crippen LogP contribution in [0, 0.1) is 12.8 Å². The maximum atomic E-state index is 3.57. The molecule has 0 aliphatic rings. The van der Waals surface area contributed by atoms with Crippen molar-refractivity contribution >= 4 is 0 Å². The van der Waals surface area contributed by atoms with Crippen LogP contribution in [0.1, 0.15) is 31.4 Å². The predicted molar refractivity (Wildman–Crippen MR) is 79.8 cm³/mol. The van der Waals surface area contributed by atoms with E-state index in [0.29, 0.717) is 6.04 Å². The Morgan fingerprint density at radius 2 is 1.94 bits per heavy atom. The predicted octanol–water partition coefficient (Wildman–Crippen LogP) is 3.06. The van der Waals surface area contributed by atoms with Crippen LogP contribution in [0.3, 0.4) is 0 Å². The molecule has 0 amide bonds.